The first-order valence-electron chi connectivity index (χ1n) is 4.46. The topological polar surface area (TPSA) is 69.4 Å². The van der Waals surface area contributed by atoms with Crippen molar-refractivity contribution >= 4 is 23.1 Å². The minimum Gasteiger partial charge on any atom is -0.495 e. The Balaban J connectivity index is 3.30. The Morgan fingerprint density at radius 2 is 2.19 bits per heavy atom. The van der Waals surface area contributed by atoms with Crippen molar-refractivity contribution in [2.45, 2.75) is 13.3 Å². The summed E-state index contributed by atoms with van der Waals surface area (Å²) in [7, 11) is 1.41. The summed E-state index contributed by atoms with van der Waals surface area (Å²) in [6.45, 7) is 1.37. The molecule has 0 saturated carbocycles. The summed E-state index contributed by atoms with van der Waals surface area (Å²) in [6.07, 6.45) is -0.0101. The summed E-state index contributed by atoms with van der Waals surface area (Å²) in [5.74, 6) is 0.163. The van der Waals surface area contributed by atoms with E-state index in [0.717, 1.165) is 0 Å². The zero-order valence-corrected chi connectivity index (χ0v) is 9.58. The summed E-state index contributed by atoms with van der Waals surface area (Å²) in [5.41, 5.74) is 0.139. The van der Waals surface area contributed by atoms with E-state index < -0.39 is 4.92 Å². The highest BCUT2D eigenvalue weighted by Crippen LogP contribution is 2.32. The second kappa shape index (κ2) is 4.94. The fraction of sp³-hybridized carbons (Fsp3) is 0.300. The standard InChI is InChI=1S/C10H10ClNO4/c1-6(13)3-7-4-10(16-2)8(11)5-9(7)12(14)15/h4-5H,3H2,1-2H3. The number of nitrogens with zero attached hydrogens (tertiary/aromatic N) is 1. The van der Waals surface area contributed by atoms with Gasteiger partial charge in [0.2, 0.25) is 0 Å². The highest BCUT2D eigenvalue weighted by Gasteiger charge is 2.18. The van der Waals surface area contributed by atoms with E-state index in [0.29, 0.717) is 11.3 Å². The molecule has 0 aliphatic carbocycles. The molecule has 0 aliphatic rings. The smallest absolute Gasteiger partial charge is 0.274 e. The molecule has 0 saturated heterocycles. The number of nitro groups is 1. The SMILES string of the molecule is COc1cc(CC(C)=O)c([N+](=O)[O-])cc1Cl. The van der Waals surface area contributed by atoms with Gasteiger partial charge in [-0.3, -0.25) is 14.9 Å². The molecule has 0 unspecified atom stereocenters. The lowest BCUT2D eigenvalue weighted by Crippen LogP contribution is -2.02. The van der Waals surface area contributed by atoms with E-state index in [4.69, 9.17) is 16.3 Å². The van der Waals surface area contributed by atoms with Gasteiger partial charge in [-0.2, -0.15) is 0 Å². The lowest BCUT2D eigenvalue weighted by molar-refractivity contribution is -0.385. The summed E-state index contributed by atoms with van der Waals surface area (Å²) in [4.78, 5) is 21.2. The maximum absolute atomic E-state index is 11.0. The molecule has 0 N–H and O–H groups in total. The van der Waals surface area contributed by atoms with Crippen molar-refractivity contribution in [3.8, 4) is 5.75 Å². The third kappa shape index (κ3) is 2.70. The molecule has 0 atom stereocenters. The van der Waals surface area contributed by atoms with Crippen LogP contribution in [0.2, 0.25) is 5.02 Å². The van der Waals surface area contributed by atoms with E-state index in [-0.39, 0.29) is 22.9 Å². The monoisotopic (exact) mass is 243 g/mol. The summed E-state index contributed by atoms with van der Waals surface area (Å²) < 4.78 is 4.94. The molecule has 0 heterocycles. The molecule has 0 radical (unpaired) electrons. The molecule has 86 valence electrons. The molecule has 16 heavy (non-hydrogen) atoms. The molecule has 1 aromatic carbocycles. The van der Waals surface area contributed by atoms with Crippen LogP contribution in [0.1, 0.15) is 12.5 Å². The summed E-state index contributed by atoms with van der Waals surface area (Å²) >= 11 is 5.77. The van der Waals surface area contributed by atoms with Gasteiger partial charge < -0.3 is 4.74 Å². The van der Waals surface area contributed by atoms with Crippen molar-refractivity contribution in [1.82, 2.24) is 0 Å². The van der Waals surface area contributed by atoms with Crippen molar-refractivity contribution in [2.75, 3.05) is 7.11 Å². The van der Waals surface area contributed by atoms with Gasteiger partial charge in [0, 0.05) is 18.1 Å². The van der Waals surface area contributed by atoms with Crippen molar-refractivity contribution in [3.63, 3.8) is 0 Å². The van der Waals surface area contributed by atoms with E-state index in [1.165, 1.54) is 26.2 Å². The van der Waals surface area contributed by atoms with Crippen molar-refractivity contribution in [2.24, 2.45) is 0 Å². The van der Waals surface area contributed by atoms with Crippen LogP contribution in [-0.2, 0) is 11.2 Å². The lowest BCUT2D eigenvalue weighted by atomic mass is 10.1. The van der Waals surface area contributed by atoms with E-state index >= 15 is 0 Å². The normalized spacial score (nSPS) is 9.94. The summed E-state index contributed by atoms with van der Waals surface area (Å²) in [5, 5.41) is 10.9. The maximum atomic E-state index is 11.0. The number of carbonyl (C=O) groups excluding carboxylic acids is 1. The van der Waals surface area contributed by atoms with Crippen LogP contribution in [0.4, 0.5) is 5.69 Å². The highest BCUT2D eigenvalue weighted by molar-refractivity contribution is 6.32. The van der Waals surface area contributed by atoms with E-state index in [1.54, 1.807) is 0 Å². The number of halogens is 1. The Morgan fingerprint density at radius 1 is 1.56 bits per heavy atom. The summed E-state index contributed by atoms with van der Waals surface area (Å²) in [6, 6.07) is 2.61. The molecule has 0 amide bonds. The average molecular weight is 244 g/mol. The first kappa shape index (κ1) is 12.4. The van der Waals surface area contributed by atoms with Crippen LogP contribution in [0.15, 0.2) is 12.1 Å². The number of ether oxygens (including phenoxy) is 1. The van der Waals surface area contributed by atoms with Crippen LogP contribution in [0.5, 0.6) is 5.75 Å². The number of hydrogen-bond acceptors (Lipinski definition) is 4. The predicted octanol–water partition coefficient (Wildman–Crippen LogP) is 2.39. The molecule has 0 aromatic heterocycles. The third-order valence-electron chi connectivity index (χ3n) is 1.99. The van der Waals surface area contributed by atoms with Gasteiger partial charge in [0.25, 0.3) is 5.69 Å². The van der Waals surface area contributed by atoms with Gasteiger partial charge in [-0.15, -0.1) is 0 Å². The van der Waals surface area contributed by atoms with Gasteiger partial charge >= 0.3 is 0 Å². The van der Waals surface area contributed by atoms with Crippen LogP contribution in [0.3, 0.4) is 0 Å². The van der Waals surface area contributed by atoms with Crippen molar-refractivity contribution in [3.05, 3.63) is 32.8 Å². The van der Waals surface area contributed by atoms with Gasteiger partial charge in [-0.1, -0.05) is 11.6 Å². The quantitative estimate of drug-likeness (QED) is 0.601. The second-order valence-electron chi connectivity index (χ2n) is 3.25. The Morgan fingerprint density at radius 3 is 2.62 bits per heavy atom. The number of Topliss-reactive ketones (excluding diaryl/α,β-unsaturated/α-hetero) is 1. The predicted molar refractivity (Wildman–Crippen MR) is 59.0 cm³/mol. The maximum Gasteiger partial charge on any atom is 0.274 e. The number of methoxy groups -OCH3 is 1. The molecule has 6 heteroatoms. The second-order valence-corrected chi connectivity index (χ2v) is 3.66. The first-order chi connectivity index (χ1) is 7.45. The lowest BCUT2D eigenvalue weighted by Gasteiger charge is -2.06. The minimum atomic E-state index is -0.566. The van der Waals surface area contributed by atoms with E-state index in [9.17, 15) is 14.9 Å². The van der Waals surface area contributed by atoms with E-state index in [2.05, 4.69) is 0 Å². The van der Waals surface area contributed by atoms with Crippen LogP contribution < -0.4 is 4.74 Å². The Kier molecular flexibility index (Phi) is 3.84. The Hall–Kier alpha value is -1.62. The first-order valence-corrected chi connectivity index (χ1v) is 4.83. The number of carbonyl (C=O) groups is 1. The van der Waals surface area contributed by atoms with Gasteiger partial charge in [-0.05, 0) is 13.0 Å². The van der Waals surface area contributed by atoms with Crippen LogP contribution >= 0.6 is 11.6 Å². The number of ketones is 1. The Labute approximate surface area is 97.1 Å². The van der Waals surface area contributed by atoms with Gasteiger partial charge in [0.1, 0.15) is 11.5 Å². The number of benzene rings is 1. The highest BCUT2D eigenvalue weighted by atomic mass is 35.5. The van der Waals surface area contributed by atoms with Crippen molar-refractivity contribution in [1.29, 1.82) is 0 Å². The third-order valence-corrected chi connectivity index (χ3v) is 2.28. The van der Waals surface area contributed by atoms with Crippen LogP contribution in [0.25, 0.3) is 0 Å². The van der Waals surface area contributed by atoms with Gasteiger partial charge in [-0.25, -0.2) is 0 Å². The average Bonchev–Trinajstić information content (AvgIpc) is 2.19. The fourth-order valence-electron chi connectivity index (χ4n) is 1.32. The molecular weight excluding hydrogens is 234 g/mol. The van der Waals surface area contributed by atoms with Gasteiger partial charge in [0.15, 0.2) is 0 Å². The molecule has 0 spiro atoms. The molecule has 0 aliphatic heterocycles. The molecular formula is C10H10ClNO4. The van der Waals surface area contributed by atoms with Crippen molar-refractivity contribution < 1.29 is 14.5 Å². The Bertz CT molecular complexity index is 445. The number of rotatable bonds is 4. The zero-order chi connectivity index (χ0) is 12.3. The zero-order valence-electron chi connectivity index (χ0n) is 8.82. The van der Waals surface area contributed by atoms with Crippen LogP contribution in [-0.4, -0.2) is 17.8 Å². The van der Waals surface area contributed by atoms with Gasteiger partial charge in [0.05, 0.1) is 17.1 Å². The number of nitro benzene ring substituents is 1. The molecule has 5 nitrogen and oxygen atoms in total. The largest absolute Gasteiger partial charge is 0.495 e. The molecule has 0 bridgehead atoms. The molecule has 1 aromatic rings. The number of hydrogen-bond donors (Lipinski definition) is 0. The van der Waals surface area contributed by atoms with Crippen LogP contribution in [0, 0.1) is 10.1 Å². The molecule has 1 rings (SSSR count). The molecule has 0 fully saturated rings. The fourth-order valence-corrected chi connectivity index (χ4v) is 1.56. The minimum absolute atomic E-state index is 0.0101. The van der Waals surface area contributed by atoms with E-state index in [1.807, 2.05) is 0 Å².